The molecule has 0 saturated carbocycles. The third-order valence-electron chi connectivity index (χ3n) is 2.31. The molecule has 70 valence electrons. The topological polar surface area (TPSA) is 21.3 Å². The third-order valence-corrected chi connectivity index (χ3v) is 2.31. The monoisotopic (exact) mass is 169 g/mol. The van der Waals surface area contributed by atoms with E-state index < -0.39 is 0 Å². The normalized spacial score (nSPS) is 23.8. The van der Waals surface area contributed by atoms with Crippen molar-refractivity contribution >= 4 is 0 Å². The van der Waals surface area contributed by atoms with Crippen LogP contribution in [0.25, 0.3) is 0 Å². The highest BCUT2D eigenvalue weighted by Gasteiger charge is 2.11. The van der Waals surface area contributed by atoms with E-state index in [9.17, 15) is 0 Å². The summed E-state index contributed by atoms with van der Waals surface area (Å²) in [6, 6.07) is 0. The third kappa shape index (κ3) is 3.88. The molecule has 1 aliphatic rings. The van der Waals surface area contributed by atoms with Crippen molar-refractivity contribution in [2.75, 3.05) is 26.3 Å². The van der Waals surface area contributed by atoms with Crippen molar-refractivity contribution in [3.63, 3.8) is 0 Å². The van der Waals surface area contributed by atoms with Crippen LogP contribution in [0.5, 0.6) is 0 Å². The summed E-state index contributed by atoms with van der Waals surface area (Å²) in [4.78, 5) is 0. The van der Waals surface area contributed by atoms with Crippen LogP contribution in [0.3, 0.4) is 0 Å². The van der Waals surface area contributed by atoms with Crippen molar-refractivity contribution in [1.29, 1.82) is 0 Å². The molecule has 0 aromatic rings. The fourth-order valence-electron chi connectivity index (χ4n) is 1.59. The summed E-state index contributed by atoms with van der Waals surface area (Å²) in [5, 5.41) is 3.40. The average molecular weight is 169 g/mol. The van der Waals surface area contributed by atoms with Gasteiger partial charge in [0.05, 0.1) is 6.61 Å². The van der Waals surface area contributed by atoms with Crippen LogP contribution in [-0.4, -0.2) is 26.3 Å². The average Bonchev–Trinajstić information content (AvgIpc) is 2.14. The van der Waals surface area contributed by atoms with Crippen LogP contribution in [0.1, 0.15) is 19.3 Å². The first-order valence-electron chi connectivity index (χ1n) is 4.83. The van der Waals surface area contributed by atoms with E-state index in [1.807, 2.05) is 0 Å². The summed E-state index contributed by atoms with van der Waals surface area (Å²) in [6.45, 7) is 7.57. The zero-order valence-corrected chi connectivity index (χ0v) is 7.72. The van der Waals surface area contributed by atoms with Crippen molar-refractivity contribution in [2.45, 2.75) is 19.3 Å². The van der Waals surface area contributed by atoms with Crippen molar-refractivity contribution in [1.82, 2.24) is 5.32 Å². The van der Waals surface area contributed by atoms with Gasteiger partial charge in [0.25, 0.3) is 0 Å². The lowest BCUT2D eigenvalue weighted by Gasteiger charge is -2.22. The van der Waals surface area contributed by atoms with E-state index in [4.69, 9.17) is 4.74 Å². The second kappa shape index (κ2) is 6.21. The highest BCUT2D eigenvalue weighted by Crippen LogP contribution is 2.13. The Bertz CT molecular complexity index is 119. The van der Waals surface area contributed by atoms with Crippen LogP contribution >= 0.6 is 0 Å². The first-order valence-corrected chi connectivity index (χ1v) is 4.83. The molecule has 12 heavy (non-hydrogen) atoms. The molecule has 2 heteroatoms. The molecule has 1 fully saturated rings. The van der Waals surface area contributed by atoms with Gasteiger partial charge in [0.1, 0.15) is 0 Å². The molecule has 1 aliphatic heterocycles. The van der Waals surface area contributed by atoms with Gasteiger partial charge in [-0.15, -0.1) is 6.58 Å². The van der Waals surface area contributed by atoms with Gasteiger partial charge in [-0.05, 0) is 38.3 Å². The summed E-state index contributed by atoms with van der Waals surface area (Å²) < 4.78 is 5.34. The highest BCUT2D eigenvalue weighted by molar-refractivity contribution is 4.69. The first-order chi connectivity index (χ1) is 5.93. The van der Waals surface area contributed by atoms with Crippen LogP contribution < -0.4 is 5.32 Å². The Morgan fingerprint density at radius 2 is 2.50 bits per heavy atom. The van der Waals surface area contributed by atoms with Gasteiger partial charge in [-0.2, -0.15) is 0 Å². The number of hydrogen-bond donors (Lipinski definition) is 1. The second-order valence-electron chi connectivity index (χ2n) is 3.36. The minimum atomic E-state index is 0.695. The highest BCUT2D eigenvalue weighted by atomic mass is 16.5. The minimum Gasteiger partial charge on any atom is -0.377 e. The number of piperidine rings is 1. The SMILES string of the molecule is C=CCOCC[C@H]1CCCNC1. The molecule has 0 bridgehead atoms. The van der Waals surface area contributed by atoms with E-state index in [2.05, 4.69) is 11.9 Å². The Balaban J connectivity index is 1.94. The molecular weight excluding hydrogens is 150 g/mol. The zero-order valence-electron chi connectivity index (χ0n) is 7.72. The van der Waals surface area contributed by atoms with Gasteiger partial charge in [0, 0.05) is 6.61 Å². The lowest BCUT2D eigenvalue weighted by atomic mass is 9.97. The summed E-state index contributed by atoms with van der Waals surface area (Å²) in [5.74, 6) is 0.837. The van der Waals surface area contributed by atoms with Crippen LogP contribution in [0.2, 0.25) is 0 Å². The molecule has 0 aliphatic carbocycles. The van der Waals surface area contributed by atoms with Crippen LogP contribution in [0.15, 0.2) is 12.7 Å². The van der Waals surface area contributed by atoms with Crippen molar-refractivity contribution in [2.24, 2.45) is 5.92 Å². The van der Waals surface area contributed by atoms with Crippen LogP contribution in [0.4, 0.5) is 0 Å². The fourth-order valence-corrected chi connectivity index (χ4v) is 1.59. The van der Waals surface area contributed by atoms with Gasteiger partial charge in [-0.25, -0.2) is 0 Å². The molecule has 1 heterocycles. The number of ether oxygens (including phenoxy) is 1. The van der Waals surface area contributed by atoms with Crippen LogP contribution in [-0.2, 0) is 4.74 Å². The van der Waals surface area contributed by atoms with Gasteiger partial charge in [0.2, 0.25) is 0 Å². The van der Waals surface area contributed by atoms with Crippen molar-refractivity contribution in [3.05, 3.63) is 12.7 Å². The smallest absolute Gasteiger partial charge is 0.0644 e. The number of rotatable bonds is 5. The van der Waals surface area contributed by atoms with Crippen molar-refractivity contribution in [3.8, 4) is 0 Å². The first kappa shape index (κ1) is 9.75. The molecule has 1 rings (SSSR count). The largest absolute Gasteiger partial charge is 0.377 e. The van der Waals surface area contributed by atoms with E-state index in [1.54, 1.807) is 6.08 Å². The van der Waals surface area contributed by atoms with Gasteiger partial charge in [0.15, 0.2) is 0 Å². The molecule has 0 aromatic heterocycles. The van der Waals surface area contributed by atoms with E-state index in [0.29, 0.717) is 6.61 Å². The van der Waals surface area contributed by atoms with Gasteiger partial charge < -0.3 is 10.1 Å². The predicted molar refractivity (Wildman–Crippen MR) is 51.2 cm³/mol. The van der Waals surface area contributed by atoms with Crippen molar-refractivity contribution < 1.29 is 4.74 Å². The molecule has 1 N–H and O–H groups in total. The standard InChI is InChI=1S/C10H19NO/c1-2-7-12-8-5-10-4-3-6-11-9-10/h2,10-11H,1,3-9H2/t10-/m1/s1. The summed E-state index contributed by atoms with van der Waals surface area (Å²) in [7, 11) is 0. The van der Waals surface area contributed by atoms with Gasteiger partial charge >= 0.3 is 0 Å². The van der Waals surface area contributed by atoms with Gasteiger partial charge in [-0.1, -0.05) is 6.08 Å². The number of nitrogens with one attached hydrogen (secondary N) is 1. The maximum atomic E-state index is 5.34. The lowest BCUT2D eigenvalue weighted by Crippen LogP contribution is -2.30. The molecule has 0 aromatic carbocycles. The molecule has 2 nitrogen and oxygen atoms in total. The number of hydrogen-bond acceptors (Lipinski definition) is 2. The summed E-state index contributed by atoms with van der Waals surface area (Å²) in [6.07, 6.45) is 5.69. The minimum absolute atomic E-state index is 0.695. The second-order valence-corrected chi connectivity index (χ2v) is 3.36. The van der Waals surface area contributed by atoms with Crippen LogP contribution in [0, 0.1) is 5.92 Å². The molecule has 0 amide bonds. The fraction of sp³-hybridized carbons (Fsp3) is 0.800. The Kier molecular flexibility index (Phi) is 5.04. The van der Waals surface area contributed by atoms with E-state index in [1.165, 1.54) is 32.4 Å². The Morgan fingerprint density at radius 1 is 1.58 bits per heavy atom. The van der Waals surface area contributed by atoms with E-state index in [0.717, 1.165) is 12.5 Å². The Hall–Kier alpha value is -0.340. The zero-order chi connectivity index (χ0) is 8.65. The molecule has 0 spiro atoms. The van der Waals surface area contributed by atoms with Gasteiger partial charge in [-0.3, -0.25) is 0 Å². The molecular formula is C10H19NO. The molecule has 1 saturated heterocycles. The molecule has 1 atom stereocenters. The Morgan fingerprint density at radius 3 is 3.17 bits per heavy atom. The van der Waals surface area contributed by atoms with E-state index in [-0.39, 0.29) is 0 Å². The maximum absolute atomic E-state index is 5.34. The maximum Gasteiger partial charge on any atom is 0.0644 e. The Labute approximate surface area is 75.0 Å². The lowest BCUT2D eigenvalue weighted by molar-refractivity contribution is 0.140. The molecule has 0 radical (unpaired) electrons. The summed E-state index contributed by atoms with van der Waals surface area (Å²) >= 11 is 0. The van der Waals surface area contributed by atoms with E-state index >= 15 is 0 Å². The molecule has 0 unspecified atom stereocenters. The quantitative estimate of drug-likeness (QED) is 0.498. The predicted octanol–water partition coefficient (Wildman–Crippen LogP) is 1.58. The summed E-state index contributed by atoms with van der Waals surface area (Å²) in [5.41, 5.74) is 0.